The SMILES string of the molecule is CCCCCCCCC12CC=Cc3c1c(c1ccccc1c3C)C1=C2C=C(C)C23C=CC=CC12C3. The van der Waals surface area contributed by atoms with Crippen LogP contribution in [0.4, 0.5) is 0 Å². The van der Waals surface area contributed by atoms with Gasteiger partial charge in [0.15, 0.2) is 0 Å². The molecule has 178 valence electrons. The summed E-state index contributed by atoms with van der Waals surface area (Å²) in [7, 11) is 0. The molecular weight excluding hydrogens is 420 g/mol. The molecule has 0 saturated heterocycles. The van der Waals surface area contributed by atoms with E-state index in [9.17, 15) is 0 Å². The summed E-state index contributed by atoms with van der Waals surface area (Å²) in [5.74, 6) is 0. The minimum absolute atomic E-state index is 0.147. The van der Waals surface area contributed by atoms with Crippen molar-refractivity contribution >= 4 is 22.4 Å². The standard InChI is InChI=1S/C35H38/c1-4-5-6-7-8-11-18-33-19-14-17-27-25(3)26-15-9-10-16-28(26)30(31(27)33)32-29(33)22-24(2)34-20-12-13-21-35(32,34)23-34/h9-10,12-17,20-22H,4-8,11,18-19,23H2,1-3H3. The molecule has 3 unspecified atom stereocenters. The molecule has 0 aliphatic heterocycles. The lowest BCUT2D eigenvalue weighted by molar-refractivity contribution is 0.441. The number of benzene rings is 2. The third kappa shape index (κ3) is 2.59. The number of hydrogen-bond acceptors (Lipinski definition) is 0. The van der Waals surface area contributed by atoms with Crippen molar-refractivity contribution in [3.05, 3.63) is 94.1 Å². The summed E-state index contributed by atoms with van der Waals surface area (Å²) in [6.45, 7) is 7.10. The first kappa shape index (κ1) is 21.7. The zero-order valence-electron chi connectivity index (χ0n) is 21.7. The van der Waals surface area contributed by atoms with Crippen LogP contribution in [0.3, 0.4) is 0 Å². The summed E-state index contributed by atoms with van der Waals surface area (Å²) >= 11 is 0. The zero-order valence-corrected chi connectivity index (χ0v) is 21.7. The molecule has 5 aliphatic rings. The molecule has 3 atom stereocenters. The number of hydrogen-bond donors (Lipinski definition) is 0. The van der Waals surface area contributed by atoms with E-state index in [-0.39, 0.29) is 16.2 Å². The van der Waals surface area contributed by atoms with Gasteiger partial charge < -0.3 is 0 Å². The van der Waals surface area contributed by atoms with Gasteiger partial charge in [0.05, 0.1) is 0 Å². The molecule has 7 rings (SSSR count). The average molecular weight is 459 g/mol. The maximum Gasteiger partial charge on any atom is 0.0285 e. The molecule has 0 amide bonds. The molecule has 1 saturated carbocycles. The van der Waals surface area contributed by atoms with E-state index < -0.39 is 0 Å². The predicted molar refractivity (Wildman–Crippen MR) is 150 cm³/mol. The highest BCUT2D eigenvalue weighted by Crippen LogP contribution is 2.81. The summed E-state index contributed by atoms with van der Waals surface area (Å²) < 4.78 is 0. The summed E-state index contributed by atoms with van der Waals surface area (Å²) in [4.78, 5) is 0. The van der Waals surface area contributed by atoms with Gasteiger partial charge in [-0.15, -0.1) is 0 Å². The quantitative estimate of drug-likeness (QED) is 0.362. The van der Waals surface area contributed by atoms with Gasteiger partial charge in [-0.25, -0.2) is 0 Å². The molecule has 35 heavy (non-hydrogen) atoms. The Hall–Kier alpha value is -2.60. The molecule has 0 heteroatoms. The molecule has 0 N–H and O–H groups in total. The fourth-order valence-electron chi connectivity index (χ4n) is 8.55. The lowest BCUT2D eigenvalue weighted by Gasteiger charge is -2.38. The van der Waals surface area contributed by atoms with Gasteiger partial charge in [0.25, 0.3) is 0 Å². The van der Waals surface area contributed by atoms with Crippen LogP contribution >= 0.6 is 0 Å². The molecule has 1 fully saturated rings. The summed E-state index contributed by atoms with van der Waals surface area (Å²) in [6.07, 6.45) is 29.2. The second kappa shape index (κ2) is 7.45. The summed E-state index contributed by atoms with van der Waals surface area (Å²) in [5.41, 5.74) is 11.7. The van der Waals surface area contributed by atoms with Crippen LogP contribution in [0.15, 0.2) is 71.9 Å². The topological polar surface area (TPSA) is 0 Å². The molecule has 0 spiro atoms. The van der Waals surface area contributed by atoms with Crippen LogP contribution < -0.4 is 0 Å². The van der Waals surface area contributed by atoms with Crippen LogP contribution in [0.2, 0.25) is 0 Å². The smallest absolute Gasteiger partial charge is 0.0285 e. The average Bonchev–Trinajstić information content (AvgIpc) is 3.52. The molecule has 2 aromatic rings. The maximum absolute atomic E-state index is 2.66. The van der Waals surface area contributed by atoms with Gasteiger partial charge in [-0.1, -0.05) is 118 Å². The second-order valence-electron chi connectivity index (χ2n) is 12.0. The van der Waals surface area contributed by atoms with E-state index in [0.29, 0.717) is 0 Å². The monoisotopic (exact) mass is 458 g/mol. The van der Waals surface area contributed by atoms with Crippen LogP contribution in [0.5, 0.6) is 0 Å². The van der Waals surface area contributed by atoms with Crippen LogP contribution in [-0.2, 0) is 5.41 Å². The molecule has 0 bridgehead atoms. The second-order valence-corrected chi connectivity index (χ2v) is 12.0. The Labute approximate surface area is 211 Å². The molecule has 0 radical (unpaired) electrons. The van der Waals surface area contributed by atoms with Gasteiger partial charge in [-0.2, -0.15) is 0 Å². The fraction of sp³-hybridized carbons (Fsp3) is 0.429. The van der Waals surface area contributed by atoms with E-state index in [0.717, 1.165) is 6.42 Å². The van der Waals surface area contributed by atoms with Crippen molar-refractivity contribution < 1.29 is 0 Å². The molecule has 0 nitrogen and oxygen atoms in total. The third-order valence-electron chi connectivity index (χ3n) is 10.4. The van der Waals surface area contributed by atoms with E-state index in [2.05, 4.69) is 87.6 Å². The van der Waals surface area contributed by atoms with Gasteiger partial charge in [-0.3, -0.25) is 0 Å². The predicted octanol–water partition coefficient (Wildman–Crippen LogP) is 9.78. The molecule has 5 aliphatic carbocycles. The Kier molecular flexibility index (Phi) is 4.61. The van der Waals surface area contributed by atoms with Gasteiger partial charge in [-0.05, 0) is 77.3 Å². The minimum atomic E-state index is 0.147. The normalized spacial score (nSPS) is 30.8. The van der Waals surface area contributed by atoms with Gasteiger partial charge >= 0.3 is 0 Å². The van der Waals surface area contributed by atoms with E-state index in [1.54, 1.807) is 27.8 Å². The van der Waals surface area contributed by atoms with Crippen molar-refractivity contribution in [1.82, 2.24) is 0 Å². The van der Waals surface area contributed by atoms with Gasteiger partial charge in [0, 0.05) is 16.2 Å². The zero-order chi connectivity index (χ0) is 23.8. The lowest BCUT2D eigenvalue weighted by Crippen LogP contribution is -2.30. The van der Waals surface area contributed by atoms with Crippen molar-refractivity contribution in [2.45, 2.75) is 84.0 Å². The van der Waals surface area contributed by atoms with Crippen LogP contribution in [0.25, 0.3) is 22.4 Å². The van der Waals surface area contributed by atoms with Crippen molar-refractivity contribution in [3.63, 3.8) is 0 Å². The number of rotatable bonds is 7. The first-order chi connectivity index (χ1) is 17.1. The first-order valence-corrected chi connectivity index (χ1v) is 14.1. The number of allylic oxidation sites excluding steroid dienone is 9. The Morgan fingerprint density at radius 3 is 2.43 bits per heavy atom. The van der Waals surface area contributed by atoms with Crippen molar-refractivity contribution in [2.24, 2.45) is 10.8 Å². The van der Waals surface area contributed by atoms with Gasteiger partial charge in [0.2, 0.25) is 0 Å². The van der Waals surface area contributed by atoms with E-state index in [1.165, 1.54) is 73.3 Å². The molecular formula is C35H38. The first-order valence-electron chi connectivity index (χ1n) is 14.1. The number of fused-ring (bicyclic) bond motifs is 4. The Bertz CT molecular complexity index is 1410. The van der Waals surface area contributed by atoms with E-state index >= 15 is 0 Å². The number of unbranched alkanes of at least 4 members (excludes halogenated alkanes) is 5. The van der Waals surface area contributed by atoms with Crippen molar-refractivity contribution in [3.8, 4) is 0 Å². The highest BCUT2D eigenvalue weighted by atomic mass is 14.7. The van der Waals surface area contributed by atoms with Crippen molar-refractivity contribution in [2.75, 3.05) is 0 Å². The van der Waals surface area contributed by atoms with Crippen molar-refractivity contribution in [1.29, 1.82) is 0 Å². The Morgan fingerprint density at radius 1 is 0.857 bits per heavy atom. The highest BCUT2D eigenvalue weighted by molar-refractivity contribution is 6.07. The lowest BCUT2D eigenvalue weighted by atomic mass is 9.64. The van der Waals surface area contributed by atoms with Gasteiger partial charge in [0.1, 0.15) is 0 Å². The summed E-state index contributed by atoms with van der Waals surface area (Å²) in [5, 5.41) is 2.93. The Balaban J connectivity index is 1.46. The van der Waals surface area contributed by atoms with E-state index in [1.807, 2.05) is 0 Å². The number of aryl methyl sites for hydroxylation is 1. The van der Waals surface area contributed by atoms with E-state index in [4.69, 9.17) is 0 Å². The largest absolute Gasteiger partial charge is 0.0827 e. The maximum atomic E-state index is 2.66. The van der Waals surface area contributed by atoms with Crippen LogP contribution in [-0.4, -0.2) is 0 Å². The highest BCUT2D eigenvalue weighted by Gasteiger charge is 2.72. The molecule has 2 aromatic carbocycles. The minimum Gasteiger partial charge on any atom is -0.0827 e. The molecule has 0 heterocycles. The summed E-state index contributed by atoms with van der Waals surface area (Å²) in [6, 6.07) is 9.25. The molecule has 0 aromatic heterocycles. The third-order valence-corrected chi connectivity index (χ3v) is 10.4. The fourth-order valence-corrected chi connectivity index (χ4v) is 8.55. The van der Waals surface area contributed by atoms with Crippen LogP contribution in [0.1, 0.15) is 93.9 Å². The Morgan fingerprint density at radius 2 is 1.60 bits per heavy atom. The van der Waals surface area contributed by atoms with Crippen LogP contribution in [0, 0.1) is 17.8 Å².